The summed E-state index contributed by atoms with van der Waals surface area (Å²) >= 11 is 0. The number of fused-ring (bicyclic) bond motifs is 2. The fourth-order valence-electron chi connectivity index (χ4n) is 3.23. The van der Waals surface area contributed by atoms with Crippen LogP contribution in [-0.2, 0) is 26.4 Å². The number of amides is 1. The lowest BCUT2D eigenvalue weighted by atomic mass is 10.1. The molecule has 3 heterocycles. The summed E-state index contributed by atoms with van der Waals surface area (Å²) < 4.78 is 15.2. The van der Waals surface area contributed by atoms with Gasteiger partial charge in [-0.3, -0.25) is 9.89 Å². The molecule has 3 aromatic rings. The molecule has 0 saturated heterocycles. The molecule has 0 saturated carbocycles. The molecule has 25 heavy (non-hydrogen) atoms. The van der Waals surface area contributed by atoms with Crippen molar-refractivity contribution in [3.63, 3.8) is 0 Å². The van der Waals surface area contributed by atoms with Gasteiger partial charge in [0.2, 0.25) is 0 Å². The minimum absolute atomic E-state index is 0.189. The maximum atomic E-state index is 13.3. The molecule has 7 nitrogen and oxygen atoms in total. The first-order valence-electron chi connectivity index (χ1n) is 8.29. The number of aryl methyl sites for hydroxylation is 1. The van der Waals surface area contributed by atoms with E-state index in [0.717, 1.165) is 35.6 Å². The van der Waals surface area contributed by atoms with Gasteiger partial charge in [0.05, 0.1) is 11.0 Å². The first kappa shape index (κ1) is 15.8. The van der Waals surface area contributed by atoms with Crippen molar-refractivity contribution in [2.45, 2.75) is 19.4 Å². The SMILES string of the molecule is Cn1c(CCNC(=O)c2n[nH]c3c2CNCC3)nc2cc(F)ccc21. The molecule has 2 aromatic heterocycles. The highest BCUT2D eigenvalue weighted by molar-refractivity contribution is 5.94. The Labute approximate surface area is 143 Å². The van der Waals surface area contributed by atoms with Crippen LogP contribution in [0.3, 0.4) is 0 Å². The predicted octanol–water partition coefficient (Wildman–Crippen LogP) is 1.05. The lowest BCUT2D eigenvalue weighted by Crippen LogP contribution is -2.30. The number of aromatic amines is 1. The van der Waals surface area contributed by atoms with Crippen LogP contribution in [0.5, 0.6) is 0 Å². The molecule has 0 fully saturated rings. The molecule has 0 unspecified atom stereocenters. The molecule has 3 N–H and O–H groups in total. The summed E-state index contributed by atoms with van der Waals surface area (Å²) in [4.78, 5) is 16.8. The van der Waals surface area contributed by atoms with Gasteiger partial charge in [-0.25, -0.2) is 9.37 Å². The second kappa shape index (κ2) is 6.29. The van der Waals surface area contributed by atoms with Gasteiger partial charge in [0.1, 0.15) is 11.6 Å². The minimum atomic E-state index is -0.303. The van der Waals surface area contributed by atoms with E-state index >= 15 is 0 Å². The second-order valence-corrected chi connectivity index (χ2v) is 6.18. The van der Waals surface area contributed by atoms with Crippen molar-refractivity contribution in [1.29, 1.82) is 0 Å². The molecule has 0 bridgehead atoms. The van der Waals surface area contributed by atoms with Crippen LogP contribution >= 0.6 is 0 Å². The highest BCUT2D eigenvalue weighted by atomic mass is 19.1. The smallest absolute Gasteiger partial charge is 0.272 e. The van der Waals surface area contributed by atoms with Gasteiger partial charge in [0.15, 0.2) is 5.69 Å². The van der Waals surface area contributed by atoms with Crippen molar-refractivity contribution in [1.82, 2.24) is 30.4 Å². The highest BCUT2D eigenvalue weighted by Crippen LogP contribution is 2.17. The number of carbonyl (C=O) groups is 1. The number of hydrogen-bond donors (Lipinski definition) is 3. The number of halogens is 1. The van der Waals surface area contributed by atoms with E-state index in [4.69, 9.17) is 0 Å². The van der Waals surface area contributed by atoms with Crippen LogP contribution in [0.2, 0.25) is 0 Å². The summed E-state index contributed by atoms with van der Waals surface area (Å²) in [6.45, 7) is 1.99. The van der Waals surface area contributed by atoms with Crippen molar-refractivity contribution < 1.29 is 9.18 Å². The molecule has 1 aromatic carbocycles. The number of rotatable bonds is 4. The molecule has 0 aliphatic carbocycles. The molecule has 8 heteroatoms. The van der Waals surface area contributed by atoms with Crippen LogP contribution in [-0.4, -0.2) is 38.7 Å². The number of nitrogens with zero attached hydrogens (tertiary/aromatic N) is 3. The van der Waals surface area contributed by atoms with E-state index in [1.807, 2.05) is 11.6 Å². The van der Waals surface area contributed by atoms with E-state index in [2.05, 4.69) is 25.8 Å². The Morgan fingerprint density at radius 1 is 1.44 bits per heavy atom. The van der Waals surface area contributed by atoms with E-state index < -0.39 is 0 Å². The molecule has 0 atom stereocenters. The number of nitrogens with one attached hydrogen (secondary N) is 3. The van der Waals surface area contributed by atoms with Gasteiger partial charge in [-0.15, -0.1) is 0 Å². The van der Waals surface area contributed by atoms with Gasteiger partial charge in [-0.1, -0.05) is 0 Å². The standard InChI is InChI=1S/C17H19FN6O/c1-24-14-3-2-10(18)8-13(14)21-15(24)5-7-20-17(25)16-11-9-19-6-4-12(11)22-23-16/h2-3,8,19H,4-7,9H2,1H3,(H,20,25)(H,22,23). The van der Waals surface area contributed by atoms with E-state index in [1.165, 1.54) is 12.1 Å². The lowest BCUT2D eigenvalue weighted by Gasteiger charge is -2.12. The maximum Gasteiger partial charge on any atom is 0.272 e. The summed E-state index contributed by atoms with van der Waals surface area (Å²) in [5, 5.41) is 13.2. The number of aromatic nitrogens is 4. The zero-order chi connectivity index (χ0) is 17.4. The Morgan fingerprint density at radius 2 is 2.32 bits per heavy atom. The van der Waals surface area contributed by atoms with Crippen LogP contribution in [0.15, 0.2) is 18.2 Å². The summed E-state index contributed by atoms with van der Waals surface area (Å²) in [5.74, 6) is 0.306. The Kier molecular flexibility index (Phi) is 3.96. The van der Waals surface area contributed by atoms with Crippen LogP contribution in [0, 0.1) is 5.82 Å². The fraction of sp³-hybridized carbons (Fsp3) is 0.353. The van der Waals surface area contributed by atoms with E-state index in [9.17, 15) is 9.18 Å². The van der Waals surface area contributed by atoms with Gasteiger partial charge >= 0.3 is 0 Å². The Balaban J connectivity index is 1.43. The Hall–Kier alpha value is -2.74. The summed E-state index contributed by atoms with van der Waals surface area (Å²) in [6.07, 6.45) is 1.41. The van der Waals surface area contributed by atoms with Crippen LogP contribution in [0.1, 0.15) is 27.6 Å². The van der Waals surface area contributed by atoms with Crippen LogP contribution < -0.4 is 10.6 Å². The third-order valence-electron chi connectivity index (χ3n) is 4.59. The van der Waals surface area contributed by atoms with Crippen LogP contribution in [0.4, 0.5) is 4.39 Å². The number of carbonyl (C=O) groups excluding carboxylic acids is 1. The van der Waals surface area contributed by atoms with Crippen molar-refractivity contribution in [3.05, 3.63) is 46.8 Å². The maximum absolute atomic E-state index is 13.3. The van der Waals surface area contributed by atoms with E-state index in [0.29, 0.717) is 30.7 Å². The second-order valence-electron chi connectivity index (χ2n) is 6.18. The number of benzene rings is 1. The average molecular weight is 342 g/mol. The quantitative estimate of drug-likeness (QED) is 0.661. The van der Waals surface area contributed by atoms with Crippen LogP contribution in [0.25, 0.3) is 11.0 Å². The lowest BCUT2D eigenvalue weighted by molar-refractivity contribution is 0.0947. The molecule has 1 aliphatic heterocycles. The van der Waals surface area contributed by atoms with Crippen molar-refractivity contribution in [2.24, 2.45) is 7.05 Å². The number of imidazole rings is 1. The van der Waals surface area contributed by atoms with Gasteiger partial charge in [-0.05, 0) is 12.1 Å². The molecule has 0 radical (unpaired) electrons. The van der Waals surface area contributed by atoms with Gasteiger partial charge in [0, 0.05) is 56.8 Å². The molecule has 130 valence electrons. The summed E-state index contributed by atoms with van der Waals surface area (Å²) in [6, 6.07) is 4.55. The Morgan fingerprint density at radius 3 is 3.20 bits per heavy atom. The normalized spacial score (nSPS) is 13.8. The van der Waals surface area contributed by atoms with Gasteiger partial charge in [-0.2, -0.15) is 5.10 Å². The summed E-state index contributed by atoms with van der Waals surface area (Å²) in [5.41, 5.74) is 3.92. The van der Waals surface area contributed by atoms with E-state index in [1.54, 1.807) is 6.07 Å². The van der Waals surface area contributed by atoms with E-state index in [-0.39, 0.29) is 11.7 Å². The fourth-order valence-corrected chi connectivity index (χ4v) is 3.23. The number of H-pyrrole nitrogens is 1. The third-order valence-corrected chi connectivity index (χ3v) is 4.59. The Bertz CT molecular complexity index is 944. The molecule has 1 amide bonds. The monoisotopic (exact) mass is 342 g/mol. The number of hydrogen-bond acceptors (Lipinski definition) is 4. The largest absolute Gasteiger partial charge is 0.350 e. The van der Waals surface area contributed by atoms with Gasteiger partial charge in [0.25, 0.3) is 5.91 Å². The predicted molar refractivity (Wildman–Crippen MR) is 90.7 cm³/mol. The van der Waals surface area contributed by atoms with Crippen molar-refractivity contribution in [2.75, 3.05) is 13.1 Å². The van der Waals surface area contributed by atoms with Crippen molar-refractivity contribution >= 4 is 16.9 Å². The molecule has 0 spiro atoms. The topological polar surface area (TPSA) is 87.6 Å². The molecule has 4 rings (SSSR count). The highest BCUT2D eigenvalue weighted by Gasteiger charge is 2.21. The molecular formula is C17H19FN6O. The van der Waals surface area contributed by atoms with Crippen molar-refractivity contribution in [3.8, 4) is 0 Å². The zero-order valence-electron chi connectivity index (χ0n) is 13.9. The van der Waals surface area contributed by atoms with Gasteiger partial charge < -0.3 is 15.2 Å². The first-order chi connectivity index (χ1) is 12.1. The molecular weight excluding hydrogens is 323 g/mol. The third kappa shape index (κ3) is 2.89. The average Bonchev–Trinajstić information content (AvgIpc) is 3.16. The summed E-state index contributed by atoms with van der Waals surface area (Å²) in [7, 11) is 1.89. The first-order valence-corrected chi connectivity index (χ1v) is 8.29. The molecule has 1 aliphatic rings. The minimum Gasteiger partial charge on any atom is -0.350 e. The zero-order valence-corrected chi connectivity index (χ0v) is 13.9.